The van der Waals surface area contributed by atoms with Crippen molar-refractivity contribution in [3.63, 3.8) is 0 Å². The molecule has 3 aliphatic rings. The molecule has 8 nitrogen and oxygen atoms in total. The van der Waals surface area contributed by atoms with Crippen molar-refractivity contribution in [1.82, 2.24) is 21.3 Å². The van der Waals surface area contributed by atoms with Crippen LogP contribution in [0, 0.1) is 0 Å². The number of rotatable bonds is 8. The van der Waals surface area contributed by atoms with Gasteiger partial charge in [0.05, 0.1) is 18.1 Å². The monoisotopic (exact) mass is 636 g/mol. The van der Waals surface area contributed by atoms with Crippen molar-refractivity contribution in [2.24, 2.45) is 0 Å². The Kier molecular flexibility index (Phi) is 9.97. The number of hydrogen-bond donors (Lipinski definition) is 4. The smallest absolute Gasteiger partial charge is 0.408 e. The summed E-state index contributed by atoms with van der Waals surface area (Å²) < 4.78 is 5.51. The van der Waals surface area contributed by atoms with E-state index in [9.17, 15) is 14.4 Å². The van der Waals surface area contributed by atoms with Gasteiger partial charge in [0.25, 0.3) is 0 Å². The Morgan fingerprint density at radius 3 is 2.04 bits per heavy atom. The standard InChI is InChI=1S/C39H48N4O4/c1-39(2,3)47-38(46)43-35(37(45)42-33-17-9-13-28-11-5-7-15-31(28)33)22-25-18-20-26(21-19-25)29-23-34(40-24-29)36(44)41-32-16-8-12-27-10-4-6-14-30(27)32/h4-7,10-11,14-15,18-21,29,32-35,40H,8-9,12-13,16-17,22-24H2,1-3H3,(H,41,44)(H,42,45)(H,43,46)/t29-,32+,33?,34?,35-/m0/s1. The highest BCUT2D eigenvalue weighted by atomic mass is 16.6. The molecule has 4 N–H and O–H groups in total. The molecule has 0 radical (unpaired) electrons. The average Bonchev–Trinajstić information content (AvgIpc) is 3.55. The molecule has 1 heterocycles. The number of carbonyl (C=O) groups is 3. The molecular weight excluding hydrogens is 588 g/mol. The van der Waals surface area contributed by atoms with Crippen molar-refractivity contribution >= 4 is 17.9 Å². The van der Waals surface area contributed by atoms with Crippen LogP contribution in [-0.4, -0.2) is 42.1 Å². The van der Waals surface area contributed by atoms with Crippen molar-refractivity contribution in [2.45, 2.75) is 108 Å². The Morgan fingerprint density at radius 1 is 0.830 bits per heavy atom. The molecule has 6 rings (SSSR count). The van der Waals surface area contributed by atoms with Crippen LogP contribution in [-0.2, 0) is 33.6 Å². The van der Waals surface area contributed by atoms with Gasteiger partial charge in [-0.3, -0.25) is 9.59 Å². The number of benzene rings is 3. The Labute approximate surface area is 278 Å². The average molecular weight is 637 g/mol. The van der Waals surface area contributed by atoms with Gasteiger partial charge in [-0.1, -0.05) is 72.8 Å². The lowest BCUT2D eigenvalue weighted by molar-refractivity contribution is -0.124. The van der Waals surface area contributed by atoms with E-state index in [0.29, 0.717) is 6.42 Å². The molecule has 1 aliphatic heterocycles. The molecule has 1 fully saturated rings. The number of aryl methyl sites for hydroxylation is 2. The largest absolute Gasteiger partial charge is 0.444 e. The highest BCUT2D eigenvalue weighted by Crippen LogP contribution is 2.32. The van der Waals surface area contributed by atoms with Crippen LogP contribution in [0.5, 0.6) is 0 Å². The molecule has 0 saturated carbocycles. The lowest BCUT2D eigenvalue weighted by Crippen LogP contribution is -2.50. The summed E-state index contributed by atoms with van der Waals surface area (Å²) in [6, 6.07) is 23.8. The van der Waals surface area contributed by atoms with Gasteiger partial charge in [0, 0.05) is 13.0 Å². The molecule has 3 aromatic rings. The summed E-state index contributed by atoms with van der Waals surface area (Å²) in [4.78, 5) is 39.8. The minimum atomic E-state index is -0.795. The summed E-state index contributed by atoms with van der Waals surface area (Å²) >= 11 is 0. The van der Waals surface area contributed by atoms with Gasteiger partial charge < -0.3 is 26.0 Å². The minimum Gasteiger partial charge on any atom is -0.444 e. The summed E-state index contributed by atoms with van der Waals surface area (Å²) in [7, 11) is 0. The quantitative estimate of drug-likeness (QED) is 0.244. The second-order valence-electron chi connectivity index (χ2n) is 14.3. The zero-order valence-electron chi connectivity index (χ0n) is 27.8. The predicted octanol–water partition coefficient (Wildman–Crippen LogP) is 5.96. The molecule has 2 aliphatic carbocycles. The van der Waals surface area contributed by atoms with E-state index in [4.69, 9.17) is 4.74 Å². The van der Waals surface area contributed by atoms with Crippen LogP contribution in [0.1, 0.15) is 104 Å². The van der Waals surface area contributed by atoms with Crippen molar-refractivity contribution < 1.29 is 19.1 Å². The van der Waals surface area contributed by atoms with E-state index in [1.54, 1.807) is 20.8 Å². The van der Waals surface area contributed by atoms with Crippen LogP contribution in [0.3, 0.4) is 0 Å². The third-order valence-corrected chi connectivity index (χ3v) is 9.72. The van der Waals surface area contributed by atoms with Crippen molar-refractivity contribution in [3.05, 3.63) is 106 Å². The fourth-order valence-electron chi connectivity index (χ4n) is 7.36. The van der Waals surface area contributed by atoms with Gasteiger partial charge in [-0.15, -0.1) is 0 Å². The Hall–Kier alpha value is -4.17. The fourth-order valence-corrected chi connectivity index (χ4v) is 7.36. The molecule has 3 amide bonds. The first-order valence-electron chi connectivity index (χ1n) is 17.2. The fraction of sp³-hybridized carbons (Fsp3) is 0.462. The van der Waals surface area contributed by atoms with Gasteiger partial charge >= 0.3 is 6.09 Å². The lowest BCUT2D eigenvalue weighted by Gasteiger charge is -2.29. The molecule has 8 heteroatoms. The highest BCUT2D eigenvalue weighted by Gasteiger charge is 2.33. The first-order chi connectivity index (χ1) is 22.6. The van der Waals surface area contributed by atoms with Crippen LogP contribution in [0.2, 0.25) is 0 Å². The first kappa shape index (κ1) is 32.8. The van der Waals surface area contributed by atoms with E-state index in [1.165, 1.54) is 16.7 Å². The number of nitrogens with one attached hydrogen (secondary N) is 4. The second kappa shape index (κ2) is 14.3. The third kappa shape index (κ3) is 8.22. The summed E-state index contributed by atoms with van der Waals surface area (Å²) in [6.07, 6.45) is 6.43. The zero-order valence-corrected chi connectivity index (χ0v) is 27.8. The van der Waals surface area contributed by atoms with E-state index in [-0.39, 0.29) is 35.9 Å². The van der Waals surface area contributed by atoms with E-state index in [1.807, 2.05) is 24.3 Å². The molecule has 0 spiro atoms. The Balaban J connectivity index is 1.08. The molecular formula is C39H48N4O4. The lowest BCUT2D eigenvalue weighted by atomic mass is 9.87. The maximum Gasteiger partial charge on any atom is 0.408 e. The molecule has 0 bridgehead atoms. The molecule has 2 unspecified atom stereocenters. The van der Waals surface area contributed by atoms with Crippen LogP contribution >= 0.6 is 0 Å². The number of ether oxygens (including phenoxy) is 1. The molecule has 47 heavy (non-hydrogen) atoms. The number of carbonyl (C=O) groups excluding carboxylic acids is 3. The number of alkyl carbamates (subject to hydrolysis) is 1. The summed E-state index contributed by atoms with van der Waals surface area (Å²) in [5.74, 6) is 0.0494. The molecule has 5 atom stereocenters. The van der Waals surface area contributed by atoms with E-state index in [2.05, 4.69) is 69.8 Å². The molecule has 1 saturated heterocycles. The van der Waals surface area contributed by atoms with E-state index in [0.717, 1.165) is 68.2 Å². The number of fused-ring (bicyclic) bond motifs is 2. The number of hydrogen-bond acceptors (Lipinski definition) is 5. The minimum absolute atomic E-state index is 0.0634. The zero-order chi connectivity index (χ0) is 33.0. The molecule has 3 aromatic carbocycles. The van der Waals surface area contributed by atoms with Gasteiger partial charge in [0.2, 0.25) is 11.8 Å². The highest BCUT2D eigenvalue weighted by molar-refractivity contribution is 5.86. The van der Waals surface area contributed by atoms with Crippen LogP contribution in [0.4, 0.5) is 4.79 Å². The van der Waals surface area contributed by atoms with Crippen molar-refractivity contribution in [3.8, 4) is 0 Å². The van der Waals surface area contributed by atoms with E-state index < -0.39 is 17.7 Å². The Bertz CT molecular complexity index is 1580. The van der Waals surface area contributed by atoms with Crippen LogP contribution in [0.15, 0.2) is 72.8 Å². The summed E-state index contributed by atoms with van der Waals surface area (Å²) in [6.45, 7) is 6.15. The van der Waals surface area contributed by atoms with E-state index >= 15 is 0 Å². The van der Waals surface area contributed by atoms with Crippen LogP contribution < -0.4 is 21.3 Å². The predicted molar refractivity (Wildman–Crippen MR) is 183 cm³/mol. The molecule has 248 valence electrons. The van der Waals surface area contributed by atoms with Crippen molar-refractivity contribution in [1.29, 1.82) is 0 Å². The van der Waals surface area contributed by atoms with Gasteiger partial charge in [0.15, 0.2) is 0 Å². The molecule has 0 aromatic heterocycles. The maximum absolute atomic E-state index is 13.7. The topological polar surface area (TPSA) is 109 Å². The normalized spacial score (nSPS) is 22.7. The van der Waals surface area contributed by atoms with Crippen molar-refractivity contribution in [2.75, 3.05) is 6.54 Å². The maximum atomic E-state index is 13.7. The van der Waals surface area contributed by atoms with Gasteiger partial charge in [0.1, 0.15) is 11.6 Å². The van der Waals surface area contributed by atoms with Gasteiger partial charge in [-0.2, -0.15) is 0 Å². The van der Waals surface area contributed by atoms with Gasteiger partial charge in [-0.05, 0) is 105 Å². The van der Waals surface area contributed by atoms with Gasteiger partial charge in [-0.25, -0.2) is 4.79 Å². The first-order valence-corrected chi connectivity index (χ1v) is 17.2. The SMILES string of the molecule is CC(C)(C)OC(=O)N[C@@H](Cc1ccc([C@@H]2CNC(C(=O)N[C@@H]3CCCc4ccccc43)C2)cc1)C(=O)NC1CCCc2ccccc21. The third-order valence-electron chi connectivity index (χ3n) is 9.72. The summed E-state index contributed by atoms with van der Waals surface area (Å²) in [5, 5.41) is 12.8. The number of amides is 3. The Morgan fingerprint density at radius 2 is 1.43 bits per heavy atom. The second-order valence-corrected chi connectivity index (χ2v) is 14.3. The van der Waals surface area contributed by atoms with Crippen LogP contribution in [0.25, 0.3) is 0 Å². The summed E-state index contributed by atoms with van der Waals surface area (Å²) in [5.41, 5.74) is 6.39.